The van der Waals surface area contributed by atoms with Gasteiger partial charge in [-0.1, -0.05) is 18.7 Å². The minimum absolute atomic E-state index is 0.538. The fraction of sp³-hybridized carbons (Fsp3) is 0.733. The summed E-state index contributed by atoms with van der Waals surface area (Å²) in [5, 5.41) is 7.86. The molecule has 5 nitrogen and oxygen atoms in total. The predicted molar refractivity (Wildman–Crippen MR) is 89.2 cm³/mol. The highest BCUT2D eigenvalue weighted by Crippen LogP contribution is 2.30. The highest BCUT2D eigenvalue weighted by molar-refractivity contribution is 7.98. The monoisotopic (exact) mass is 307 g/mol. The molecule has 3 aliphatic rings. The van der Waals surface area contributed by atoms with Crippen LogP contribution < -0.4 is 10.6 Å². The molecule has 1 aromatic heterocycles. The van der Waals surface area contributed by atoms with Crippen molar-refractivity contribution in [1.82, 2.24) is 14.9 Å². The Kier molecular flexibility index (Phi) is 4.85. The summed E-state index contributed by atoms with van der Waals surface area (Å²) < 4.78 is 0. The zero-order valence-electron chi connectivity index (χ0n) is 12.9. The molecule has 21 heavy (non-hydrogen) atoms. The van der Waals surface area contributed by atoms with E-state index in [0.29, 0.717) is 6.04 Å². The number of thioether (sulfide) groups is 1. The number of nitrogens with zero attached hydrogens (tertiary/aromatic N) is 3. The van der Waals surface area contributed by atoms with E-state index >= 15 is 0 Å². The highest BCUT2D eigenvalue weighted by Gasteiger charge is 2.34. The number of nitrogens with one attached hydrogen (secondary N) is 2. The number of hydrogen-bond donors (Lipinski definition) is 2. The van der Waals surface area contributed by atoms with Crippen molar-refractivity contribution in [1.29, 1.82) is 0 Å². The second kappa shape index (κ2) is 6.83. The quantitative estimate of drug-likeness (QED) is 0.622. The first-order chi connectivity index (χ1) is 10.3. The van der Waals surface area contributed by atoms with Gasteiger partial charge in [-0.25, -0.2) is 9.97 Å². The lowest BCUT2D eigenvalue weighted by Crippen LogP contribution is -2.53. The zero-order chi connectivity index (χ0) is 14.7. The van der Waals surface area contributed by atoms with Crippen LogP contribution in [0.3, 0.4) is 0 Å². The number of fused-ring (bicyclic) bond motifs is 3. The molecule has 0 saturated carbocycles. The van der Waals surface area contributed by atoms with Crippen molar-refractivity contribution >= 4 is 23.4 Å². The Morgan fingerprint density at radius 1 is 1.29 bits per heavy atom. The van der Waals surface area contributed by atoms with Crippen LogP contribution in [-0.4, -0.2) is 53.3 Å². The van der Waals surface area contributed by atoms with E-state index in [0.717, 1.165) is 42.2 Å². The van der Waals surface area contributed by atoms with Gasteiger partial charge in [-0.15, -0.1) is 0 Å². The number of piperidine rings is 3. The van der Waals surface area contributed by atoms with Crippen LogP contribution in [0.25, 0.3) is 0 Å². The Bertz CT molecular complexity index is 473. The van der Waals surface area contributed by atoms with E-state index in [2.05, 4.69) is 32.4 Å². The van der Waals surface area contributed by atoms with Crippen molar-refractivity contribution < 1.29 is 0 Å². The fourth-order valence-corrected chi connectivity index (χ4v) is 3.63. The summed E-state index contributed by atoms with van der Waals surface area (Å²) in [6.45, 7) is 6.80. The summed E-state index contributed by atoms with van der Waals surface area (Å²) in [6.07, 6.45) is 5.76. The van der Waals surface area contributed by atoms with Crippen molar-refractivity contribution in [2.75, 3.05) is 43.1 Å². The largest absolute Gasteiger partial charge is 0.370 e. The zero-order valence-corrected chi connectivity index (χ0v) is 13.7. The lowest BCUT2D eigenvalue weighted by molar-refractivity contribution is 0.0973. The molecule has 1 atom stereocenters. The molecule has 0 aliphatic carbocycles. The van der Waals surface area contributed by atoms with Gasteiger partial charge in [-0.3, -0.25) is 0 Å². The third kappa shape index (κ3) is 3.61. The molecule has 3 saturated heterocycles. The Balaban J connectivity index is 1.71. The van der Waals surface area contributed by atoms with Crippen LogP contribution in [-0.2, 0) is 0 Å². The Hall–Kier alpha value is -1.01. The van der Waals surface area contributed by atoms with E-state index in [4.69, 9.17) is 0 Å². The van der Waals surface area contributed by atoms with Crippen molar-refractivity contribution in [2.45, 2.75) is 37.4 Å². The van der Waals surface area contributed by atoms with Gasteiger partial charge in [0.2, 0.25) is 0 Å². The number of rotatable bonds is 6. The van der Waals surface area contributed by atoms with Gasteiger partial charge in [-0.2, -0.15) is 0 Å². The minimum atomic E-state index is 0.538. The van der Waals surface area contributed by atoms with Gasteiger partial charge >= 0.3 is 0 Å². The van der Waals surface area contributed by atoms with E-state index in [1.54, 1.807) is 11.8 Å². The second-order valence-electron chi connectivity index (χ2n) is 5.94. The molecule has 0 amide bonds. The van der Waals surface area contributed by atoms with E-state index in [1.807, 2.05) is 12.3 Å². The third-order valence-corrected chi connectivity index (χ3v) is 4.98. The smallest absolute Gasteiger partial charge is 0.191 e. The Morgan fingerprint density at radius 2 is 2.05 bits per heavy atom. The summed E-state index contributed by atoms with van der Waals surface area (Å²) >= 11 is 1.60. The molecular weight excluding hydrogens is 282 g/mol. The van der Waals surface area contributed by atoms with Crippen molar-refractivity contribution in [3.63, 3.8) is 0 Å². The van der Waals surface area contributed by atoms with Crippen LogP contribution in [0.1, 0.15) is 26.2 Å². The first-order valence-electron chi connectivity index (χ1n) is 7.94. The van der Waals surface area contributed by atoms with Crippen molar-refractivity contribution in [3.8, 4) is 0 Å². The van der Waals surface area contributed by atoms with E-state index in [9.17, 15) is 0 Å². The normalized spacial score (nSPS) is 27.6. The molecule has 2 bridgehead atoms. The number of anilines is 2. The summed E-state index contributed by atoms with van der Waals surface area (Å²) in [6, 6.07) is 2.59. The number of hydrogen-bond acceptors (Lipinski definition) is 6. The van der Waals surface area contributed by atoms with Gasteiger partial charge in [0.05, 0.1) is 0 Å². The summed E-state index contributed by atoms with van der Waals surface area (Å²) in [5.41, 5.74) is 0. The predicted octanol–water partition coefficient (Wildman–Crippen LogP) is 2.53. The van der Waals surface area contributed by atoms with Gasteiger partial charge < -0.3 is 15.5 Å². The fourth-order valence-electron chi connectivity index (χ4n) is 3.25. The minimum Gasteiger partial charge on any atom is -0.370 e. The average molecular weight is 307 g/mol. The van der Waals surface area contributed by atoms with Gasteiger partial charge in [-0.05, 0) is 44.5 Å². The standard InChI is InChI=1S/C15H25N5S/c1-3-6-16-13-9-14(19-15(18-13)21-2)17-12-10-20-7-4-11(12)5-8-20/h9,11-12H,3-8,10H2,1-2H3,(H2,16,17,18,19). The van der Waals surface area contributed by atoms with Crippen LogP contribution in [0.4, 0.5) is 11.6 Å². The van der Waals surface area contributed by atoms with Gasteiger partial charge in [0.15, 0.2) is 5.16 Å². The molecular formula is C15H25N5S. The third-order valence-electron chi connectivity index (χ3n) is 4.43. The van der Waals surface area contributed by atoms with Crippen LogP contribution in [0.15, 0.2) is 11.2 Å². The topological polar surface area (TPSA) is 53.1 Å². The lowest BCUT2D eigenvalue weighted by atomic mass is 9.84. The van der Waals surface area contributed by atoms with Crippen LogP contribution in [0.2, 0.25) is 0 Å². The molecule has 1 unspecified atom stereocenters. The van der Waals surface area contributed by atoms with E-state index in [-0.39, 0.29) is 0 Å². The van der Waals surface area contributed by atoms with Gasteiger partial charge in [0.1, 0.15) is 11.6 Å². The van der Waals surface area contributed by atoms with Crippen LogP contribution in [0.5, 0.6) is 0 Å². The molecule has 3 fully saturated rings. The van der Waals surface area contributed by atoms with E-state index < -0.39 is 0 Å². The molecule has 4 heterocycles. The molecule has 116 valence electrons. The maximum atomic E-state index is 4.62. The Labute approximate surface area is 131 Å². The lowest BCUT2D eigenvalue weighted by Gasteiger charge is -2.45. The van der Waals surface area contributed by atoms with E-state index in [1.165, 1.54) is 25.9 Å². The second-order valence-corrected chi connectivity index (χ2v) is 6.71. The van der Waals surface area contributed by atoms with Crippen molar-refractivity contribution in [3.05, 3.63) is 6.07 Å². The maximum Gasteiger partial charge on any atom is 0.191 e. The molecule has 0 aromatic carbocycles. The first kappa shape index (κ1) is 14.9. The van der Waals surface area contributed by atoms with Crippen LogP contribution in [0, 0.1) is 5.92 Å². The Morgan fingerprint density at radius 3 is 2.67 bits per heavy atom. The molecule has 4 rings (SSSR count). The maximum absolute atomic E-state index is 4.62. The summed E-state index contributed by atoms with van der Waals surface area (Å²) in [5.74, 6) is 2.70. The first-order valence-corrected chi connectivity index (χ1v) is 9.16. The van der Waals surface area contributed by atoms with Crippen molar-refractivity contribution in [2.24, 2.45) is 5.92 Å². The SMILES string of the molecule is CCCNc1cc(NC2CN3CCC2CC3)nc(SC)n1. The molecule has 0 spiro atoms. The molecule has 0 radical (unpaired) electrons. The summed E-state index contributed by atoms with van der Waals surface area (Å²) in [7, 11) is 0. The molecule has 2 N–H and O–H groups in total. The summed E-state index contributed by atoms with van der Waals surface area (Å²) in [4.78, 5) is 11.7. The number of aromatic nitrogens is 2. The van der Waals surface area contributed by atoms with Crippen LogP contribution >= 0.6 is 11.8 Å². The highest BCUT2D eigenvalue weighted by atomic mass is 32.2. The molecule has 6 heteroatoms. The van der Waals surface area contributed by atoms with Gasteiger partial charge in [0.25, 0.3) is 0 Å². The average Bonchev–Trinajstić information content (AvgIpc) is 2.54. The molecule has 1 aromatic rings. The van der Waals surface area contributed by atoms with Gasteiger partial charge in [0, 0.05) is 25.2 Å². The molecule has 3 aliphatic heterocycles.